The van der Waals surface area contributed by atoms with Gasteiger partial charge in [-0.3, -0.25) is 9.80 Å². The molecule has 0 radical (unpaired) electrons. The first-order valence-electron chi connectivity index (χ1n) is 8.29. The Morgan fingerprint density at radius 1 is 1.14 bits per heavy atom. The van der Waals surface area contributed by atoms with Crippen LogP contribution in [0, 0.1) is 4.91 Å². The molecule has 0 unspecified atom stereocenters. The van der Waals surface area contributed by atoms with E-state index in [0.29, 0.717) is 19.0 Å². The smallest absolute Gasteiger partial charge is 0.254 e. The van der Waals surface area contributed by atoms with Gasteiger partial charge in [0.1, 0.15) is 0 Å². The molecule has 2 atom stereocenters. The Morgan fingerprint density at radius 3 is 2.91 bits per heavy atom. The number of aryl methyl sites for hydroxylation is 1. The third kappa shape index (κ3) is 2.11. The van der Waals surface area contributed by atoms with Crippen LogP contribution >= 0.6 is 0 Å². The summed E-state index contributed by atoms with van der Waals surface area (Å²) >= 11 is 0. The van der Waals surface area contributed by atoms with E-state index in [0.717, 1.165) is 37.8 Å². The second-order valence-corrected chi connectivity index (χ2v) is 6.72. The van der Waals surface area contributed by atoms with E-state index in [2.05, 4.69) is 11.4 Å². The number of piperidine rings is 1. The molecule has 0 saturated carbocycles. The molecular weight excluding hydrogens is 278 g/mol. The molecule has 5 heteroatoms. The molecule has 0 bridgehead atoms. The first-order chi connectivity index (χ1) is 10.8. The zero-order chi connectivity index (χ0) is 15.1. The Labute approximate surface area is 130 Å². The van der Waals surface area contributed by atoms with Crippen molar-refractivity contribution in [3.8, 4) is 0 Å². The fourth-order valence-corrected chi connectivity index (χ4v) is 4.42. The highest BCUT2D eigenvalue weighted by Gasteiger charge is 2.38. The second kappa shape index (κ2) is 5.38. The van der Waals surface area contributed by atoms with Crippen molar-refractivity contribution in [2.75, 3.05) is 19.6 Å². The summed E-state index contributed by atoms with van der Waals surface area (Å²) in [6.45, 7) is 2.10. The van der Waals surface area contributed by atoms with Gasteiger partial charge in [-0.05, 0) is 49.3 Å². The van der Waals surface area contributed by atoms with Gasteiger partial charge in [0, 0.05) is 24.6 Å². The number of hydrogen-bond donors (Lipinski definition) is 0. The zero-order valence-electron chi connectivity index (χ0n) is 12.7. The van der Waals surface area contributed by atoms with Gasteiger partial charge in [0.15, 0.2) is 0 Å². The lowest BCUT2D eigenvalue weighted by Gasteiger charge is -2.43. The summed E-state index contributed by atoms with van der Waals surface area (Å²) in [5, 5.41) is 4.64. The van der Waals surface area contributed by atoms with E-state index < -0.39 is 0 Å². The van der Waals surface area contributed by atoms with E-state index in [1.54, 1.807) is 5.01 Å². The van der Waals surface area contributed by atoms with Crippen LogP contribution in [-0.2, 0) is 6.42 Å². The summed E-state index contributed by atoms with van der Waals surface area (Å²) in [7, 11) is 0. The second-order valence-electron chi connectivity index (χ2n) is 6.72. The Kier molecular flexibility index (Phi) is 3.36. The third-order valence-electron chi connectivity index (χ3n) is 5.44. The number of rotatable bonds is 2. The largest absolute Gasteiger partial charge is 0.333 e. The topological polar surface area (TPSA) is 53.0 Å². The van der Waals surface area contributed by atoms with Gasteiger partial charge in [0.25, 0.3) is 5.91 Å². The minimum Gasteiger partial charge on any atom is -0.333 e. The average molecular weight is 299 g/mol. The Balaban J connectivity index is 1.66. The summed E-state index contributed by atoms with van der Waals surface area (Å²) in [6, 6.07) is 6.28. The van der Waals surface area contributed by atoms with E-state index >= 15 is 0 Å². The maximum absolute atomic E-state index is 12.9. The molecule has 1 saturated heterocycles. The van der Waals surface area contributed by atoms with Crippen molar-refractivity contribution in [3.63, 3.8) is 0 Å². The van der Waals surface area contributed by atoms with Crippen molar-refractivity contribution in [1.82, 2.24) is 9.91 Å². The van der Waals surface area contributed by atoms with Crippen molar-refractivity contribution in [2.24, 2.45) is 5.29 Å². The molecule has 2 heterocycles. The monoisotopic (exact) mass is 299 g/mol. The van der Waals surface area contributed by atoms with Gasteiger partial charge in [-0.15, -0.1) is 4.91 Å². The first kappa shape index (κ1) is 13.7. The van der Waals surface area contributed by atoms with Crippen LogP contribution in [-0.4, -0.2) is 41.5 Å². The lowest BCUT2D eigenvalue weighted by molar-refractivity contribution is 0.0488. The fraction of sp³-hybridized carbons (Fsp3) is 0.588. The van der Waals surface area contributed by atoms with Crippen molar-refractivity contribution in [3.05, 3.63) is 39.8 Å². The van der Waals surface area contributed by atoms with Gasteiger partial charge >= 0.3 is 0 Å². The molecule has 1 amide bonds. The van der Waals surface area contributed by atoms with Gasteiger partial charge in [-0.1, -0.05) is 12.1 Å². The molecule has 5 nitrogen and oxygen atoms in total. The van der Waals surface area contributed by atoms with E-state index in [-0.39, 0.29) is 11.9 Å². The Morgan fingerprint density at radius 2 is 2.05 bits per heavy atom. The quantitative estimate of drug-likeness (QED) is 0.789. The van der Waals surface area contributed by atoms with Crippen molar-refractivity contribution in [1.29, 1.82) is 0 Å². The van der Waals surface area contributed by atoms with Crippen LogP contribution in [0.3, 0.4) is 0 Å². The van der Waals surface area contributed by atoms with Crippen molar-refractivity contribution >= 4 is 5.91 Å². The fourth-order valence-electron chi connectivity index (χ4n) is 4.42. The molecule has 3 aliphatic rings. The average Bonchev–Trinajstić information content (AvgIpc) is 2.58. The number of carbonyl (C=O) groups is 1. The van der Waals surface area contributed by atoms with Crippen molar-refractivity contribution in [2.45, 2.75) is 44.1 Å². The van der Waals surface area contributed by atoms with Gasteiger partial charge in [-0.2, -0.15) is 0 Å². The summed E-state index contributed by atoms with van der Waals surface area (Å²) < 4.78 is 0. The highest BCUT2D eigenvalue weighted by atomic mass is 16.3. The van der Waals surface area contributed by atoms with E-state index in [4.69, 9.17) is 0 Å². The molecular formula is C17H21N3O2. The van der Waals surface area contributed by atoms with Crippen LogP contribution in [0.25, 0.3) is 0 Å². The molecule has 1 aromatic carbocycles. The van der Waals surface area contributed by atoms with E-state index in [1.807, 2.05) is 17.0 Å². The molecule has 1 fully saturated rings. The molecule has 2 aliphatic heterocycles. The molecule has 0 aromatic heterocycles. The number of nitroso groups, excluding NO2 is 1. The van der Waals surface area contributed by atoms with Crippen LogP contribution in [0.1, 0.15) is 53.1 Å². The molecule has 0 spiro atoms. The SMILES string of the molecule is O=NN1CCC[C@H](N2C[C@H]3CCCc4cccc(c43)C2=O)C1. The summed E-state index contributed by atoms with van der Waals surface area (Å²) in [4.78, 5) is 25.8. The third-order valence-corrected chi connectivity index (χ3v) is 5.44. The molecule has 1 aromatic rings. The Bertz CT molecular complexity index is 616. The normalized spacial score (nSPS) is 27.5. The maximum Gasteiger partial charge on any atom is 0.254 e. The predicted molar refractivity (Wildman–Crippen MR) is 83.5 cm³/mol. The molecule has 1 aliphatic carbocycles. The van der Waals surface area contributed by atoms with Crippen LogP contribution < -0.4 is 0 Å². The van der Waals surface area contributed by atoms with E-state index in [9.17, 15) is 9.70 Å². The number of carbonyl (C=O) groups excluding carboxylic acids is 1. The minimum atomic E-state index is 0.123. The molecule has 22 heavy (non-hydrogen) atoms. The van der Waals surface area contributed by atoms with Crippen LogP contribution in [0.4, 0.5) is 0 Å². The van der Waals surface area contributed by atoms with Gasteiger partial charge in [0.05, 0.1) is 17.9 Å². The highest BCUT2D eigenvalue weighted by Crippen LogP contribution is 2.39. The minimum absolute atomic E-state index is 0.123. The standard InChI is InChI=1S/C17H21N3O2/c21-17-15-8-2-5-12-4-1-6-13(16(12)15)10-20(17)14-7-3-9-19(11-14)18-22/h2,5,8,13-14H,1,3-4,6-7,9-11H2/t13-,14+/m1/s1. The number of hydrogen-bond acceptors (Lipinski definition) is 3. The Hall–Kier alpha value is -1.91. The zero-order valence-corrected chi connectivity index (χ0v) is 12.7. The number of benzene rings is 1. The first-order valence-corrected chi connectivity index (χ1v) is 8.29. The van der Waals surface area contributed by atoms with Crippen LogP contribution in [0.2, 0.25) is 0 Å². The summed E-state index contributed by atoms with van der Waals surface area (Å²) in [5.74, 6) is 0.616. The highest BCUT2D eigenvalue weighted by molar-refractivity contribution is 5.97. The molecule has 0 N–H and O–H groups in total. The van der Waals surface area contributed by atoms with Gasteiger partial charge in [-0.25, -0.2) is 0 Å². The number of nitrogens with zero attached hydrogens (tertiary/aromatic N) is 3. The van der Waals surface area contributed by atoms with E-state index in [1.165, 1.54) is 17.5 Å². The summed E-state index contributed by atoms with van der Waals surface area (Å²) in [6.07, 6.45) is 5.36. The van der Waals surface area contributed by atoms with Crippen LogP contribution in [0.15, 0.2) is 23.5 Å². The van der Waals surface area contributed by atoms with Crippen LogP contribution in [0.5, 0.6) is 0 Å². The van der Waals surface area contributed by atoms with Gasteiger partial charge in [0.2, 0.25) is 0 Å². The lowest BCUT2D eigenvalue weighted by Crippen LogP contribution is -2.52. The number of amides is 1. The van der Waals surface area contributed by atoms with Gasteiger partial charge < -0.3 is 4.90 Å². The lowest BCUT2D eigenvalue weighted by atomic mass is 9.77. The summed E-state index contributed by atoms with van der Waals surface area (Å²) in [5.41, 5.74) is 3.56. The van der Waals surface area contributed by atoms with Crippen molar-refractivity contribution < 1.29 is 4.79 Å². The predicted octanol–water partition coefficient (Wildman–Crippen LogP) is 2.71. The molecule has 4 rings (SSSR count). The molecule has 116 valence electrons. The maximum atomic E-state index is 12.9.